The second-order valence-corrected chi connectivity index (χ2v) is 8.83. The Labute approximate surface area is 190 Å². The maximum Gasteiger partial charge on any atom is 0.341 e. The molecular formula is C24H28F2N4O3. The van der Waals surface area contributed by atoms with Gasteiger partial charge in [0.2, 0.25) is 5.43 Å². The lowest BCUT2D eigenvalue weighted by Crippen LogP contribution is -2.37. The van der Waals surface area contributed by atoms with Gasteiger partial charge >= 0.3 is 5.97 Å². The first-order chi connectivity index (χ1) is 15.8. The van der Waals surface area contributed by atoms with Crippen LogP contribution in [0.1, 0.15) is 61.5 Å². The summed E-state index contributed by atoms with van der Waals surface area (Å²) >= 11 is 0. The molecule has 1 aromatic heterocycles. The van der Waals surface area contributed by atoms with Gasteiger partial charge in [-0.3, -0.25) is 4.79 Å². The van der Waals surface area contributed by atoms with Crippen LogP contribution < -0.4 is 15.6 Å². The van der Waals surface area contributed by atoms with Gasteiger partial charge in [-0.1, -0.05) is 13.8 Å². The van der Waals surface area contributed by atoms with E-state index < -0.39 is 35.0 Å². The SMILES string of the molecule is CC.CNC1(C2CCN(c3c(F)cc4c(=O)c(C(=O)O)cn([C@@H]5CC5F)c4c3C#N)C2)CC1. The largest absolute Gasteiger partial charge is 0.477 e. The Bertz CT molecular complexity index is 1220. The molecule has 0 bridgehead atoms. The summed E-state index contributed by atoms with van der Waals surface area (Å²) < 4.78 is 30.6. The van der Waals surface area contributed by atoms with Crippen molar-refractivity contribution in [2.45, 2.75) is 57.3 Å². The van der Waals surface area contributed by atoms with Crippen LogP contribution in [-0.2, 0) is 0 Å². The number of hydrogen-bond donors (Lipinski definition) is 2. The van der Waals surface area contributed by atoms with E-state index in [-0.39, 0.29) is 34.1 Å². The maximum absolute atomic E-state index is 15.3. The molecule has 0 spiro atoms. The van der Waals surface area contributed by atoms with Crippen molar-refractivity contribution < 1.29 is 18.7 Å². The maximum atomic E-state index is 15.3. The molecule has 7 nitrogen and oxygen atoms in total. The fourth-order valence-corrected chi connectivity index (χ4v) is 5.16. The molecule has 2 aromatic rings. The molecule has 5 rings (SSSR count). The lowest BCUT2D eigenvalue weighted by Gasteiger charge is -2.25. The van der Waals surface area contributed by atoms with Gasteiger partial charge in [-0.15, -0.1) is 0 Å². The number of hydrogen-bond acceptors (Lipinski definition) is 5. The quantitative estimate of drug-likeness (QED) is 0.711. The van der Waals surface area contributed by atoms with Crippen molar-refractivity contribution in [1.82, 2.24) is 9.88 Å². The van der Waals surface area contributed by atoms with E-state index in [2.05, 4.69) is 5.32 Å². The van der Waals surface area contributed by atoms with E-state index in [0.29, 0.717) is 19.0 Å². The average Bonchev–Trinajstić information content (AvgIpc) is 3.71. The highest BCUT2D eigenvalue weighted by atomic mass is 19.1. The second kappa shape index (κ2) is 8.41. The first-order valence-corrected chi connectivity index (χ1v) is 11.4. The Morgan fingerprint density at radius 1 is 1.36 bits per heavy atom. The van der Waals surface area contributed by atoms with Crippen LogP contribution in [0.2, 0.25) is 0 Å². The average molecular weight is 459 g/mol. The zero-order chi connectivity index (χ0) is 24.1. The zero-order valence-electron chi connectivity index (χ0n) is 19.0. The van der Waals surface area contributed by atoms with Crippen LogP contribution in [0.3, 0.4) is 0 Å². The van der Waals surface area contributed by atoms with Crippen molar-refractivity contribution in [2.75, 3.05) is 25.0 Å². The number of benzene rings is 1. The minimum absolute atomic E-state index is 0.0434. The van der Waals surface area contributed by atoms with Crippen LogP contribution in [0.25, 0.3) is 10.9 Å². The number of fused-ring (bicyclic) bond motifs is 1. The molecule has 3 aliphatic rings. The molecule has 3 fully saturated rings. The predicted octanol–water partition coefficient (Wildman–Crippen LogP) is 3.60. The molecule has 0 amide bonds. The van der Waals surface area contributed by atoms with Gasteiger partial charge in [-0.05, 0) is 38.3 Å². The normalized spacial score (nSPS) is 24.7. The van der Waals surface area contributed by atoms with Crippen LogP contribution in [-0.4, -0.2) is 47.5 Å². The van der Waals surface area contributed by atoms with Gasteiger partial charge in [0, 0.05) is 31.2 Å². The van der Waals surface area contributed by atoms with Crippen LogP contribution >= 0.6 is 0 Å². The molecule has 1 saturated heterocycles. The molecule has 0 radical (unpaired) electrons. The standard InChI is InChI=1S/C22H22F2N4O3.C2H6/c1-26-22(3-4-22)11-2-5-27(9-11)19-13(8-25)18-12(6-16(19)24)20(29)14(21(30)31)10-28(18)17-7-15(17)23;1-2/h6,10-11,15,17,26H,2-5,7,9H2,1H3,(H,30,31);1-2H3/t11?,15?,17-;/m1./s1. The van der Waals surface area contributed by atoms with Crippen molar-refractivity contribution in [3.63, 3.8) is 0 Å². The van der Waals surface area contributed by atoms with E-state index in [1.807, 2.05) is 31.9 Å². The van der Waals surface area contributed by atoms with E-state index in [9.17, 15) is 24.3 Å². The number of aromatic carboxylic acids is 1. The molecule has 2 saturated carbocycles. The van der Waals surface area contributed by atoms with E-state index >= 15 is 4.39 Å². The Morgan fingerprint density at radius 3 is 2.55 bits per heavy atom. The zero-order valence-corrected chi connectivity index (χ0v) is 19.0. The third kappa shape index (κ3) is 3.66. The number of halogens is 2. The highest BCUT2D eigenvalue weighted by Gasteiger charge is 2.50. The molecule has 1 aromatic carbocycles. The fourth-order valence-electron chi connectivity index (χ4n) is 5.16. The number of nitrogens with one attached hydrogen (secondary N) is 1. The highest BCUT2D eigenvalue weighted by molar-refractivity contribution is 5.96. The summed E-state index contributed by atoms with van der Waals surface area (Å²) in [6.45, 7) is 5.14. The molecule has 9 heteroatoms. The number of carbonyl (C=O) groups is 1. The van der Waals surface area contributed by atoms with Crippen LogP contribution in [0.4, 0.5) is 14.5 Å². The summed E-state index contributed by atoms with van der Waals surface area (Å²) in [5, 5.41) is 22.5. The van der Waals surface area contributed by atoms with Gasteiger partial charge in [-0.25, -0.2) is 13.6 Å². The van der Waals surface area contributed by atoms with Crippen LogP contribution in [0.15, 0.2) is 17.1 Å². The van der Waals surface area contributed by atoms with E-state index in [1.54, 1.807) is 0 Å². The number of nitriles is 1. The number of carboxylic acid groups (broad SMARTS) is 1. The summed E-state index contributed by atoms with van der Waals surface area (Å²) in [4.78, 5) is 26.1. The molecule has 2 unspecified atom stereocenters. The van der Waals surface area contributed by atoms with E-state index in [0.717, 1.165) is 31.5 Å². The lowest BCUT2D eigenvalue weighted by atomic mass is 9.96. The monoisotopic (exact) mass is 458 g/mol. The van der Waals surface area contributed by atoms with Crippen molar-refractivity contribution in [1.29, 1.82) is 5.26 Å². The number of alkyl halides is 1. The van der Waals surface area contributed by atoms with Crippen molar-refractivity contribution in [2.24, 2.45) is 5.92 Å². The number of rotatable bonds is 5. The third-order valence-corrected chi connectivity index (χ3v) is 7.19. The fraction of sp³-hybridized carbons (Fsp3) is 0.542. The summed E-state index contributed by atoms with van der Waals surface area (Å²) in [6, 6.07) is 2.36. The van der Waals surface area contributed by atoms with Gasteiger partial charge in [0.05, 0.1) is 22.6 Å². The summed E-state index contributed by atoms with van der Waals surface area (Å²) in [7, 11) is 1.93. The predicted molar refractivity (Wildman–Crippen MR) is 121 cm³/mol. The minimum atomic E-state index is -1.47. The van der Waals surface area contributed by atoms with Gasteiger partial charge in [0.1, 0.15) is 29.2 Å². The Morgan fingerprint density at radius 2 is 2.03 bits per heavy atom. The lowest BCUT2D eigenvalue weighted by molar-refractivity contribution is 0.0694. The van der Waals surface area contributed by atoms with E-state index in [4.69, 9.17) is 0 Å². The van der Waals surface area contributed by atoms with Gasteiger partial charge < -0.3 is 19.9 Å². The van der Waals surface area contributed by atoms with Gasteiger partial charge in [0.15, 0.2) is 0 Å². The molecule has 3 atom stereocenters. The first-order valence-electron chi connectivity index (χ1n) is 11.4. The Hall–Kier alpha value is -2.99. The van der Waals surface area contributed by atoms with Crippen molar-refractivity contribution >= 4 is 22.6 Å². The van der Waals surface area contributed by atoms with Crippen molar-refractivity contribution in [3.05, 3.63) is 39.4 Å². The third-order valence-electron chi connectivity index (χ3n) is 7.19. The Balaban J connectivity index is 0.00000126. The molecule has 2 heterocycles. The minimum Gasteiger partial charge on any atom is -0.477 e. The topological polar surface area (TPSA) is 98.4 Å². The number of aromatic nitrogens is 1. The van der Waals surface area contributed by atoms with Crippen LogP contribution in [0, 0.1) is 23.1 Å². The van der Waals surface area contributed by atoms with E-state index in [1.165, 1.54) is 4.57 Å². The number of nitrogens with zero attached hydrogens (tertiary/aromatic N) is 3. The highest BCUT2D eigenvalue weighted by Crippen LogP contribution is 2.48. The molecule has 33 heavy (non-hydrogen) atoms. The molecule has 2 aliphatic carbocycles. The molecule has 2 N–H and O–H groups in total. The smallest absolute Gasteiger partial charge is 0.341 e. The Kier molecular flexibility index (Phi) is 5.91. The van der Waals surface area contributed by atoms with Gasteiger partial charge in [0.25, 0.3) is 0 Å². The van der Waals surface area contributed by atoms with Crippen molar-refractivity contribution in [3.8, 4) is 6.07 Å². The molecular weight excluding hydrogens is 430 g/mol. The second-order valence-electron chi connectivity index (χ2n) is 8.83. The molecule has 1 aliphatic heterocycles. The number of anilines is 1. The number of pyridine rings is 1. The summed E-state index contributed by atoms with van der Waals surface area (Å²) in [6.07, 6.45) is 3.02. The van der Waals surface area contributed by atoms with Gasteiger partial charge in [-0.2, -0.15) is 5.26 Å². The summed E-state index contributed by atoms with van der Waals surface area (Å²) in [5.74, 6) is -1.89. The molecule has 176 valence electrons. The summed E-state index contributed by atoms with van der Waals surface area (Å²) in [5.41, 5.74) is -1.20. The van der Waals surface area contributed by atoms with Crippen LogP contribution in [0.5, 0.6) is 0 Å². The first kappa shape index (κ1) is 23.2. The number of carboxylic acids is 1.